The molecule has 4 aromatic heterocycles. The molecule has 0 radical (unpaired) electrons. The minimum atomic E-state index is -5.84. The van der Waals surface area contributed by atoms with E-state index in [0.29, 0.717) is 11.6 Å². The zero-order valence-corrected chi connectivity index (χ0v) is 85.3. The van der Waals surface area contributed by atoms with Crippen LogP contribution in [0, 0.1) is 0 Å². The Morgan fingerprint density at radius 3 is 1.05 bits per heavy atom. The molecule has 0 fully saturated rings. The third kappa shape index (κ3) is 40.7. The summed E-state index contributed by atoms with van der Waals surface area (Å²) in [6, 6.07) is 55.9. The van der Waals surface area contributed by atoms with Gasteiger partial charge in [-0.3, -0.25) is 24.5 Å². The summed E-state index contributed by atoms with van der Waals surface area (Å²) in [7, 11) is -0.205. The van der Waals surface area contributed by atoms with E-state index in [1.807, 2.05) is 93.7 Å². The lowest BCUT2D eigenvalue weighted by Crippen LogP contribution is -2.29. The van der Waals surface area contributed by atoms with Crippen LogP contribution >= 0.6 is 47.8 Å². The summed E-state index contributed by atoms with van der Waals surface area (Å²) in [6.07, 6.45) is 28.2. The van der Waals surface area contributed by atoms with E-state index in [-0.39, 0.29) is 44.7 Å². The third-order valence-electron chi connectivity index (χ3n) is 21.0. The van der Waals surface area contributed by atoms with E-state index in [0.717, 1.165) is 140 Å². The lowest BCUT2D eigenvalue weighted by molar-refractivity contribution is -0.0978. The summed E-state index contributed by atoms with van der Waals surface area (Å²) in [5, 5.41) is 31.8. The number of fused-ring (bicyclic) bond motifs is 5. The summed E-state index contributed by atoms with van der Waals surface area (Å²) in [5.41, 5.74) is 16.2. The van der Waals surface area contributed by atoms with E-state index in [1.165, 1.54) is 111 Å². The smallest absolute Gasteiger partial charge is 0.428 e. The predicted molar refractivity (Wildman–Crippen MR) is 541 cm³/mol. The molecule has 5 aliphatic rings. The number of methoxy groups -OCH3 is 2. The van der Waals surface area contributed by atoms with E-state index >= 15 is 0 Å². The van der Waals surface area contributed by atoms with Crippen LogP contribution in [0.4, 0.5) is 22.8 Å². The average Bonchev–Trinajstić information content (AvgIpc) is 0.795. The molecule has 9 heterocycles. The van der Waals surface area contributed by atoms with Crippen LogP contribution in [-0.4, -0.2) is 172 Å². The molecule has 0 saturated heterocycles. The van der Waals surface area contributed by atoms with Crippen LogP contribution < -0.4 is 16.1 Å². The number of halogens is 6. The SMILES string of the molecule is C.CC(C)(C)OC(=O)OC(=O)OC(C)(C)C.CCCC1OCCc2c(-c3cccnc3)cccc21.CCCC1OCCc2c(Br)cccc21.CCC[C@@H]1OCCc2c(-c3cccnc3)cccc21.CCC[C@H]1OCCc2c(-c3cccnc3)cccc21.CNCC(OC)OC.CNCC1OCCc2c(Br)cccc21.O=S(=O)(O)C(F)(F)F.OB(O)c1cccnc1.OCCc1ccccc1Br. The fourth-order valence-electron chi connectivity index (χ4n) is 14.9. The molecule has 6 aromatic carbocycles. The van der Waals surface area contributed by atoms with Gasteiger partial charge in [0.25, 0.3) is 0 Å². The number of likely N-dealkylation sites (N-methyl/N-ethyl adjacent to an activating group) is 2. The topological polar surface area (TPSA) is 317 Å². The maximum absolute atomic E-state index is 11.0. The Balaban J connectivity index is 0.000000271. The fraction of sp³-hybridized carbons (Fsp3) is 0.442. The molecule has 6 N–H and O–H groups in total. The second-order valence-electron chi connectivity index (χ2n) is 33.4. The van der Waals surface area contributed by atoms with Gasteiger partial charge in [-0.05, 0) is 240 Å². The lowest BCUT2D eigenvalue weighted by Gasteiger charge is -2.27. The minimum absolute atomic E-state index is 0. The normalized spacial score (nSPS) is 15.9. The van der Waals surface area contributed by atoms with E-state index < -0.39 is 46.3 Å². The van der Waals surface area contributed by atoms with Gasteiger partial charge in [0.1, 0.15) is 11.2 Å². The fourth-order valence-corrected chi connectivity index (χ4v) is 16.6. The third-order valence-corrected chi connectivity index (χ3v) is 23.8. The number of aromatic nitrogens is 4. The predicted octanol–water partition coefficient (Wildman–Crippen LogP) is 23.1. The first-order chi connectivity index (χ1) is 64.6. The van der Waals surface area contributed by atoms with Crippen molar-refractivity contribution in [3.63, 3.8) is 0 Å². The summed E-state index contributed by atoms with van der Waals surface area (Å²) < 4.78 is 114. The Morgan fingerprint density at radius 1 is 0.463 bits per heavy atom. The van der Waals surface area contributed by atoms with Crippen molar-refractivity contribution in [2.75, 3.05) is 81.0 Å². The Kier molecular flexibility index (Phi) is 54.1. The molecule has 0 bridgehead atoms. The standard InChI is InChI=1S/3C17H19NO.C12H15BrO.C11H14BrNO.C10H18O5.C8H9BrO.C5H6BNO2.C5H13NO2.CHF3O3S.CH4/c3*1-2-5-17-16-8-3-7-14(15(16)9-11-19-17)13-6-4-10-18-12-13;1-2-4-12-10-5-3-6-11(13)9(10)7-8-14-12;1-13-7-11-9-3-2-4-10(12)8(9)5-6-14-11;1-9(2,3)14-7(11)13-8(12)15-10(4,5)6;9-8-4-2-1-3-7(8)5-6-10;8-6(9)5-2-1-3-7-4-5;1-6-4-5(7-2)8-3;2-1(3,4)8(5,6)7;/h3*3-4,6-8,10,12,17H,2,5,9,11H2,1H3;3,5-6,12H,2,4,7-8H2,1H3;2-4,11,13H,5-7H2,1H3;1-6H3;1-4,10H,5-6H2;1-4,8-9H;5-6H,4H2,1-3H3;(H,5,6,7);1H4/t2*17-;;;;;;;;;/m10........./s1. The number of ether oxygens (including phenoxy) is 10. The monoisotopic (exact) mass is 2090 g/mol. The minimum Gasteiger partial charge on any atom is -0.428 e. The first kappa shape index (κ1) is 118. The number of hydrogen-bond donors (Lipinski definition) is 6. The Bertz CT molecular complexity index is 4880. The molecular weight excluding hydrogens is 1960 g/mol. The number of aliphatic hydroxyl groups is 1. The quantitative estimate of drug-likeness (QED) is 0.0103. The number of rotatable bonds is 20. The molecule has 32 heteroatoms. The molecule has 5 atom stereocenters. The van der Waals surface area contributed by atoms with Gasteiger partial charge in [0.15, 0.2) is 6.29 Å². The van der Waals surface area contributed by atoms with Crippen LogP contribution in [0.2, 0.25) is 0 Å². The van der Waals surface area contributed by atoms with Gasteiger partial charge in [0.05, 0.1) is 63.6 Å². The van der Waals surface area contributed by atoms with Crippen LogP contribution in [0.15, 0.2) is 227 Å². The van der Waals surface area contributed by atoms with Crippen LogP contribution in [-0.2, 0) is 96.0 Å². The van der Waals surface area contributed by atoms with Gasteiger partial charge in [0.2, 0.25) is 0 Å². The molecule has 0 aliphatic carbocycles. The van der Waals surface area contributed by atoms with Gasteiger partial charge >= 0.3 is 35.1 Å². The molecule has 10 aromatic rings. The average molecular weight is 2100 g/mol. The number of hydrogen-bond acceptors (Lipinski definition) is 23. The van der Waals surface area contributed by atoms with Crippen molar-refractivity contribution >= 4 is 82.8 Å². The molecule has 0 spiro atoms. The van der Waals surface area contributed by atoms with Crippen LogP contribution in [0.1, 0.15) is 220 Å². The first-order valence-corrected chi connectivity index (χ1v) is 49.2. The number of aliphatic hydroxyl groups excluding tert-OH is 1. The summed E-state index contributed by atoms with van der Waals surface area (Å²) in [5.74, 6) is 0. The van der Waals surface area contributed by atoms with Crippen molar-refractivity contribution in [2.45, 2.75) is 220 Å². The van der Waals surface area contributed by atoms with Gasteiger partial charge in [-0.2, -0.15) is 21.6 Å². The van der Waals surface area contributed by atoms with Crippen LogP contribution in [0.5, 0.6) is 0 Å². The highest BCUT2D eigenvalue weighted by molar-refractivity contribution is 9.11. The van der Waals surface area contributed by atoms with Crippen molar-refractivity contribution in [2.24, 2.45) is 0 Å². The number of pyridine rings is 4. The highest BCUT2D eigenvalue weighted by Gasteiger charge is 2.44. The molecule has 5 aliphatic heterocycles. The number of nitrogens with one attached hydrogen (secondary N) is 2. The molecule has 24 nitrogen and oxygen atoms in total. The number of alkyl halides is 3. The van der Waals surface area contributed by atoms with Gasteiger partial charge < -0.3 is 73.2 Å². The van der Waals surface area contributed by atoms with Gasteiger partial charge in [-0.25, -0.2) is 9.59 Å². The van der Waals surface area contributed by atoms with Crippen LogP contribution in [0.3, 0.4) is 0 Å². The van der Waals surface area contributed by atoms with Gasteiger partial charge in [-0.15, -0.1) is 0 Å². The van der Waals surface area contributed by atoms with E-state index in [2.05, 4.69) is 220 Å². The molecule has 136 heavy (non-hydrogen) atoms. The lowest BCUT2D eigenvalue weighted by atomic mass is 9.82. The van der Waals surface area contributed by atoms with E-state index in [4.69, 9.17) is 70.8 Å². The highest BCUT2D eigenvalue weighted by Crippen LogP contribution is 2.41. The Morgan fingerprint density at radius 2 is 0.779 bits per heavy atom. The maximum Gasteiger partial charge on any atom is 0.522 e. The summed E-state index contributed by atoms with van der Waals surface area (Å²) in [6.45, 7) is 24.8. The second-order valence-corrected chi connectivity index (χ2v) is 37.3. The summed E-state index contributed by atoms with van der Waals surface area (Å²) >= 11 is 10.6. The first-order valence-electron chi connectivity index (χ1n) is 45.4. The van der Waals surface area contributed by atoms with Crippen molar-refractivity contribution < 1.29 is 98.3 Å². The zero-order valence-electron chi connectivity index (χ0n) is 79.8. The van der Waals surface area contributed by atoms with Crippen LogP contribution in [0.25, 0.3) is 33.4 Å². The Hall–Kier alpha value is -8.62. The molecule has 15 rings (SSSR count). The molecule has 0 amide bonds. The number of nitrogens with zero attached hydrogens (tertiary/aromatic N) is 4. The molecule has 0 saturated carbocycles. The van der Waals surface area contributed by atoms with Crippen molar-refractivity contribution in [3.05, 3.63) is 288 Å². The van der Waals surface area contributed by atoms with Crippen molar-refractivity contribution in [1.82, 2.24) is 30.6 Å². The largest absolute Gasteiger partial charge is 0.522 e. The number of benzene rings is 6. The van der Waals surface area contributed by atoms with Gasteiger partial charge in [-0.1, -0.05) is 230 Å². The van der Waals surface area contributed by atoms with Crippen molar-refractivity contribution in [3.8, 4) is 33.4 Å². The second kappa shape index (κ2) is 62.4. The van der Waals surface area contributed by atoms with E-state index in [9.17, 15) is 22.8 Å². The molecular formula is C104H137BBr3F3N6O18S. The summed E-state index contributed by atoms with van der Waals surface area (Å²) in [4.78, 5) is 38.4. The highest BCUT2D eigenvalue weighted by atomic mass is 79.9. The molecule has 3 unspecified atom stereocenters. The number of carbonyl (C=O) groups is 2. The van der Waals surface area contributed by atoms with Gasteiger partial charge in [0, 0.05) is 119 Å². The zero-order chi connectivity index (χ0) is 98.9. The molecule has 742 valence electrons. The van der Waals surface area contributed by atoms with Crippen molar-refractivity contribution in [1.29, 1.82) is 0 Å². The Labute approximate surface area is 828 Å². The maximum atomic E-state index is 11.0. The van der Waals surface area contributed by atoms with E-state index in [1.54, 1.807) is 74.1 Å². The number of carbonyl (C=O) groups excluding carboxylic acids is 2.